The first kappa shape index (κ1) is 29.1. The van der Waals surface area contributed by atoms with Crippen molar-refractivity contribution in [3.05, 3.63) is 22.4 Å². The average molecular weight is 508 g/mol. The molecule has 1 aromatic rings. The van der Waals surface area contributed by atoms with E-state index in [0.29, 0.717) is 6.10 Å². The first-order chi connectivity index (χ1) is 15.1. The van der Waals surface area contributed by atoms with Crippen molar-refractivity contribution in [3.8, 4) is 0 Å². The Labute approximate surface area is 190 Å². The van der Waals surface area contributed by atoms with Gasteiger partial charge in [0.15, 0.2) is 0 Å². The lowest BCUT2D eigenvalue weighted by Gasteiger charge is -2.35. The Bertz CT molecular complexity index is 718. The third kappa shape index (κ3) is 10.7. The Morgan fingerprint density at radius 1 is 1.15 bits per heavy atom. The van der Waals surface area contributed by atoms with Gasteiger partial charge in [-0.2, -0.15) is 26.3 Å². The van der Waals surface area contributed by atoms with Crippen LogP contribution in [0.5, 0.6) is 0 Å². The molecule has 2 saturated heterocycles. The molecule has 1 aromatic heterocycles. The SMILES string of the molecule is CN(C)C[C@@H]1OC[C@@H]2CN(Cc3cccs3)CC[C@@H]21.O=C(O)C(F)(F)F.O=C(O)C(F)(F)F. The van der Waals surface area contributed by atoms with Crippen molar-refractivity contribution in [1.82, 2.24) is 9.80 Å². The summed E-state index contributed by atoms with van der Waals surface area (Å²) in [6.45, 7) is 5.61. The normalized spacial score (nSPS) is 23.1. The fourth-order valence-corrected chi connectivity index (χ4v) is 4.22. The van der Waals surface area contributed by atoms with Crippen LogP contribution in [0.3, 0.4) is 0 Å². The zero-order valence-electron chi connectivity index (χ0n) is 17.9. The number of fused-ring (bicyclic) bond motifs is 1. The van der Waals surface area contributed by atoms with Gasteiger partial charge in [-0.15, -0.1) is 11.3 Å². The van der Waals surface area contributed by atoms with E-state index >= 15 is 0 Å². The summed E-state index contributed by atoms with van der Waals surface area (Å²) in [6, 6.07) is 4.40. The van der Waals surface area contributed by atoms with Gasteiger partial charge in [0, 0.05) is 30.4 Å². The summed E-state index contributed by atoms with van der Waals surface area (Å²) in [7, 11) is 4.28. The number of thiophene rings is 1. The molecular weight excluding hydrogens is 482 g/mol. The van der Waals surface area contributed by atoms with E-state index in [9.17, 15) is 26.3 Å². The van der Waals surface area contributed by atoms with Crippen LogP contribution < -0.4 is 0 Å². The fraction of sp³-hybridized carbons (Fsp3) is 0.684. The van der Waals surface area contributed by atoms with E-state index in [1.165, 1.54) is 24.4 Å². The summed E-state index contributed by atoms with van der Waals surface area (Å²) >= 11 is 1.87. The van der Waals surface area contributed by atoms with Gasteiger partial charge in [-0.25, -0.2) is 9.59 Å². The van der Waals surface area contributed by atoms with E-state index in [2.05, 4.69) is 41.4 Å². The number of carboxylic acids is 2. The first-order valence-corrected chi connectivity index (χ1v) is 10.6. The molecule has 14 heteroatoms. The Morgan fingerprint density at radius 3 is 2.12 bits per heavy atom. The molecule has 0 spiro atoms. The predicted molar refractivity (Wildman–Crippen MR) is 107 cm³/mol. The van der Waals surface area contributed by atoms with Crippen molar-refractivity contribution >= 4 is 23.3 Å². The number of likely N-dealkylation sites (tertiary alicyclic amines) is 1. The summed E-state index contributed by atoms with van der Waals surface area (Å²) in [5, 5.41) is 16.4. The van der Waals surface area contributed by atoms with Crippen molar-refractivity contribution in [2.75, 3.05) is 40.3 Å². The average Bonchev–Trinajstić information content (AvgIpc) is 3.31. The number of rotatable bonds is 4. The highest BCUT2D eigenvalue weighted by atomic mass is 32.1. The molecule has 2 aliphatic rings. The van der Waals surface area contributed by atoms with Crippen LogP contribution in [0.4, 0.5) is 26.3 Å². The van der Waals surface area contributed by atoms with E-state index in [4.69, 9.17) is 24.5 Å². The lowest BCUT2D eigenvalue weighted by Crippen LogP contribution is -2.42. The number of hydrogen-bond donors (Lipinski definition) is 2. The number of ether oxygens (including phenoxy) is 1. The maximum atomic E-state index is 10.6. The van der Waals surface area contributed by atoms with Crippen LogP contribution in [-0.2, 0) is 20.9 Å². The molecular formula is C19H26F6N2O5S. The lowest BCUT2D eigenvalue weighted by atomic mass is 9.84. The lowest BCUT2D eigenvalue weighted by molar-refractivity contribution is -0.193. The standard InChI is InChI=1S/C15H24N2OS.2C2HF3O2/c1-16(2)10-15-14-5-6-17(8-12(14)11-18-15)9-13-4-3-7-19-13;2*3-2(4,5)1(6)7/h3-4,7,12,14-15H,5-6,8-11H2,1-2H3;2*(H,6,7)/t12-,14-,15-;;/m0../s1. The smallest absolute Gasteiger partial charge is 0.475 e. The summed E-state index contributed by atoms with van der Waals surface area (Å²) in [4.78, 5) is 24.1. The van der Waals surface area contributed by atoms with Crippen LogP contribution in [0, 0.1) is 11.8 Å². The largest absolute Gasteiger partial charge is 0.490 e. The fourth-order valence-electron chi connectivity index (χ4n) is 3.48. The van der Waals surface area contributed by atoms with Gasteiger partial charge in [-0.3, -0.25) is 4.90 Å². The van der Waals surface area contributed by atoms with E-state index in [1.807, 2.05) is 11.3 Å². The van der Waals surface area contributed by atoms with Gasteiger partial charge >= 0.3 is 24.3 Å². The molecule has 3 heterocycles. The highest BCUT2D eigenvalue weighted by Gasteiger charge is 2.41. The van der Waals surface area contributed by atoms with E-state index in [0.717, 1.165) is 31.5 Å². The van der Waals surface area contributed by atoms with Gasteiger partial charge in [-0.05, 0) is 44.4 Å². The number of carbonyl (C=O) groups is 2. The van der Waals surface area contributed by atoms with Crippen LogP contribution in [0.2, 0.25) is 0 Å². The summed E-state index contributed by atoms with van der Waals surface area (Å²) in [5.41, 5.74) is 0. The Balaban J connectivity index is 0.000000324. The summed E-state index contributed by atoms with van der Waals surface area (Å²) in [6.07, 6.45) is -8.40. The molecule has 0 bridgehead atoms. The Kier molecular flexibility index (Phi) is 11.1. The van der Waals surface area contributed by atoms with Crippen molar-refractivity contribution in [3.63, 3.8) is 0 Å². The molecule has 0 aliphatic carbocycles. The van der Waals surface area contributed by atoms with Gasteiger partial charge in [-0.1, -0.05) is 6.07 Å². The molecule has 0 unspecified atom stereocenters. The number of alkyl halides is 6. The number of aliphatic carboxylic acids is 2. The third-order valence-electron chi connectivity index (χ3n) is 4.87. The second-order valence-corrected chi connectivity index (χ2v) is 8.80. The number of piperidine rings is 1. The summed E-state index contributed by atoms with van der Waals surface area (Å²) < 4.78 is 69.5. The van der Waals surface area contributed by atoms with E-state index < -0.39 is 24.3 Å². The molecule has 2 fully saturated rings. The number of nitrogens with zero attached hydrogens (tertiary/aromatic N) is 2. The monoisotopic (exact) mass is 508 g/mol. The van der Waals surface area contributed by atoms with Crippen LogP contribution in [0.15, 0.2) is 17.5 Å². The minimum absolute atomic E-state index is 0.462. The minimum atomic E-state index is -5.08. The van der Waals surface area contributed by atoms with Crippen LogP contribution in [-0.4, -0.2) is 90.7 Å². The van der Waals surface area contributed by atoms with Crippen molar-refractivity contribution in [2.24, 2.45) is 11.8 Å². The molecule has 2 aliphatic heterocycles. The summed E-state index contributed by atoms with van der Waals surface area (Å²) in [5.74, 6) is -3.99. The molecule has 3 atom stereocenters. The Morgan fingerprint density at radius 2 is 1.70 bits per heavy atom. The first-order valence-electron chi connectivity index (χ1n) is 9.72. The van der Waals surface area contributed by atoms with Crippen LogP contribution in [0.1, 0.15) is 11.3 Å². The van der Waals surface area contributed by atoms with Gasteiger partial charge in [0.25, 0.3) is 0 Å². The van der Waals surface area contributed by atoms with Crippen molar-refractivity contribution in [1.29, 1.82) is 0 Å². The van der Waals surface area contributed by atoms with Gasteiger partial charge in [0.1, 0.15) is 0 Å². The Hall–Kier alpha value is -1.90. The minimum Gasteiger partial charge on any atom is -0.475 e. The van der Waals surface area contributed by atoms with Gasteiger partial charge in [0.2, 0.25) is 0 Å². The third-order valence-corrected chi connectivity index (χ3v) is 5.73. The number of likely N-dealkylation sites (N-methyl/N-ethyl adjacent to an activating group) is 1. The molecule has 0 saturated carbocycles. The van der Waals surface area contributed by atoms with Crippen molar-refractivity contribution in [2.45, 2.75) is 31.4 Å². The number of halogens is 6. The molecule has 190 valence electrons. The van der Waals surface area contributed by atoms with Crippen molar-refractivity contribution < 1.29 is 50.9 Å². The maximum absolute atomic E-state index is 10.6. The maximum Gasteiger partial charge on any atom is 0.490 e. The van der Waals surface area contributed by atoms with Crippen LogP contribution in [0.25, 0.3) is 0 Å². The predicted octanol–water partition coefficient (Wildman–Crippen LogP) is 3.41. The quantitative estimate of drug-likeness (QED) is 0.603. The van der Waals surface area contributed by atoms with E-state index in [-0.39, 0.29) is 0 Å². The molecule has 0 amide bonds. The molecule has 3 rings (SSSR count). The molecule has 0 aromatic carbocycles. The zero-order chi connectivity index (χ0) is 25.4. The molecule has 33 heavy (non-hydrogen) atoms. The zero-order valence-corrected chi connectivity index (χ0v) is 18.7. The van der Waals surface area contributed by atoms with Crippen LogP contribution >= 0.6 is 11.3 Å². The van der Waals surface area contributed by atoms with Gasteiger partial charge < -0.3 is 19.8 Å². The van der Waals surface area contributed by atoms with E-state index in [1.54, 1.807) is 0 Å². The molecule has 0 radical (unpaired) electrons. The highest BCUT2D eigenvalue weighted by molar-refractivity contribution is 7.09. The highest BCUT2D eigenvalue weighted by Crippen LogP contribution is 2.35. The topological polar surface area (TPSA) is 90.3 Å². The second kappa shape index (κ2) is 12.5. The number of hydrogen-bond acceptors (Lipinski definition) is 6. The second-order valence-electron chi connectivity index (χ2n) is 7.77. The molecule has 7 nitrogen and oxygen atoms in total. The molecule has 2 N–H and O–H groups in total. The number of carboxylic acid groups (broad SMARTS) is 2. The van der Waals surface area contributed by atoms with Gasteiger partial charge in [0.05, 0.1) is 12.7 Å².